The Morgan fingerprint density at radius 3 is 2.46 bits per heavy atom. The molecule has 1 aliphatic carbocycles. The zero-order valence-corrected chi connectivity index (χ0v) is 14.0. The first kappa shape index (κ1) is 17.2. The maximum absolute atomic E-state index is 12.9. The van der Waals surface area contributed by atoms with Crippen LogP contribution in [-0.4, -0.2) is 71.1 Å². The Morgan fingerprint density at radius 1 is 1.17 bits per heavy atom. The van der Waals surface area contributed by atoms with Gasteiger partial charge in [-0.15, -0.1) is 0 Å². The van der Waals surface area contributed by atoms with Gasteiger partial charge in [0.1, 0.15) is 6.54 Å². The van der Waals surface area contributed by atoms with Crippen LogP contribution in [0.2, 0.25) is 0 Å². The summed E-state index contributed by atoms with van der Waals surface area (Å²) < 4.78 is 5.31. The maximum atomic E-state index is 12.9. The molecular weight excluding hydrogens is 312 g/mol. The average molecular weight is 338 g/mol. The second-order valence-electron chi connectivity index (χ2n) is 7.09. The first-order chi connectivity index (χ1) is 11.6. The van der Waals surface area contributed by atoms with Crippen LogP contribution in [0.15, 0.2) is 0 Å². The largest absolute Gasteiger partial charge is 0.480 e. The SMILES string of the molecule is O=C(O)CN(C(=O)C1CC(=O)N(C2CCCC2)C1)C1CCOCC1. The van der Waals surface area contributed by atoms with Gasteiger partial charge in [0.15, 0.2) is 0 Å². The Hall–Kier alpha value is -1.63. The third-order valence-electron chi connectivity index (χ3n) is 5.49. The van der Waals surface area contributed by atoms with Crippen LogP contribution < -0.4 is 0 Å². The number of likely N-dealkylation sites (tertiary alicyclic amines) is 1. The molecule has 1 atom stereocenters. The fraction of sp³-hybridized carbons (Fsp3) is 0.824. The summed E-state index contributed by atoms with van der Waals surface area (Å²) >= 11 is 0. The smallest absolute Gasteiger partial charge is 0.323 e. The summed E-state index contributed by atoms with van der Waals surface area (Å²) in [5.41, 5.74) is 0. The number of carbonyl (C=O) groups excluding carboxylic acids is 2. The zero-order valence-electron chi connectivity index (χ0n) is 14.0. The van der Waals surface area contributed by atoms with Crippen molar-refractivity contribution in [1.29, 1.82) is 0 Å². The highest BCUT2D eigenvalue weighted by Gasteiger charge is 2.41. The molecule has 3 aliphatic rings. The van der Waals surface area contributed by atoms with Gasteiger partial charge in [-0.1, -0.05) is 12.8 Å². The lowest BCUT2D eigenvalue weighted by atomic mass is 10.0. The van der Waals surface area contributed by atoms with E-state index in [0.717, 1.165) is 25.7 Å². The molecule has 2 amide bonds. The lowest BCUT2D eigenvalue weighted by Gasteiger charge is -2.34. The summed E-state index contributed by atoms with van der Waals surface area (Å²) in [4.78, 5) is 39.8. The second-order valence-corrected chi connectivity index (χ2v) is 7.09. The number of hydrogen-bond acceptors (Lipinski definition) is 4. The van der Waals surface area contributed by atoms with E-state index in [0.29, 0.717) is 32.6 Å². The molecule has 0 aromatic rings. The molecule has 0 bridgehead atoms. The number of rotatable bonds is 5. The normalized spacial score (nSPS) is 26.1. The number of carboxylic acids is 1. The second kappa shape index (κ2) is 7.51. The highest BCUT2D eigenvalue weighted by molar-refractivity contribution is 5.91. The van der Waals surface area contributed by atoms with Crippen molar-refractivity contribution in [3.63, 3.8) is 0 Å². The summed E-state index contributed by atoms with van der Waals surface area (Å²) in [7, 11) is 0. The van der Waals surface area contributed by atoms with E-state index in [1.807, 2.05) is 4.90 Å². The van der Waals surface area contributed by atoms with Crippen LogP contribution in [0.3, 0.4) is 0 Å². The van der Waals surface area contributed by atoms with Crippen LogP contribution in [0.4, 0.5) is 0 Å². The van der Waals surface area contributed by atoms with Crippen molar-refractivity contribution < 1.29 is 24.2 Å². The highest BCUT2D eigenvalue weighted by Crippen LogP contribution is 2.31. The van der Waals surface area contributed by atoms with Gasteiger partial charge in [0.25, 0.3) is 0 Å². The molecule has 3 rings (SSSR count). The van der Waals surface area contributed by atoms with Crippen molar-refractivity contribution in [2.45, 2.75) is 57.0 Å². The number of hydrogen-bond donors (Lipinski definition) is 1. The fourth-order valence-electron chi connectivity index (χ4n) is 4.23. The molecule has 134 valence electrons. The Balaban J connectivity index is 1.67. The van der Waals surface area contributed by atoms with Crippen molar-refractivity contribution in [2.75, 3.05) is 26.3 Å². The van der Waals surface area contributed by atoms with Crippen LogP contribution in [0.25, 0.3) is 0 Å². The quantitative estimate of drug-likeness (QED) is 0.804. The molecule has 2 heterocycles. The van der Waals surface area contributed by atoms with Gasteiger partial charge < -0.3 is 19.6 Å². The third kappa shape index (κ3) is 3.71. The molecule has 7 heteroatoms. The van der Waals surface area contributed by atoms with Gasteiger partial charge >= 0.3 is 5.97 Å². The molecule has 7 nitrogen and oxygen atoms in total. The topological polar surface area (TPSA) is 87.2 Å². The van der Waals surface area contributed by atoms with Crippen LogP contribution in [0.5, 0.6) is 0 Å². The number of ether oxygens (including phenoxy) is 1. The van der Waals surface area contributed by atoms with Crippen LogP contribution in [0.1, 0.15) is 44.9 Å². The van der Waals surface area contributed by atoms with E-state index in [2.05, 4.69) is 0 Å². The van der Waals surface area contributed by atoms with E-state index in [1.54, 1.807) is 0 Å². The molecule has 1 saturated carbocycles. The molecule has 0 aromatic heterocycles. The zero-order chi connectivity index (χ0) is 17.1. The van der Waals surface area contributed by atoms with Gasteiger partial charge in [0, 0.05) is 38.3 Å². The molecule has 2 aliphatic heterocycles. The number of amides is 2. The molecule has 3 fully saturated rings. The van der Waals surface area contributed by atoms with Crippen LogP contribution in [-0.2, 0) is 19.1 Å². The van der Waals surface area contributed by atoms with Crippen molar-refractivity contribution in [3.05, 3.63) is 0 Å². The first-order valence-corrected chi connectivity index (χ1v) is 8.95. The summed E-state index contributed by atoms with van der Waals surface area (Å²) in [5, 5.41) is 9.18. The van der Waals surface area contributed by atoms with Crippen LogP contribution in [0, 0.1) is 5.92 Å². The molecule has 0 aromatic carbocycles. The Labute approximate surface area is 141 Å². The van der Waals surface area contributed by atoms with E-state index < -0.39 is 11.9 Å². The minimum Gasteiger partial charge on any atom is -0.480 e. The van der Waals surface area contributed by atoms with Gasteiger partial charge in [-0.2, -0.15) is 0 Å². The van der Waals surface area contributed by atoms with E-state index in [9.17, 15) is 19.5 Å². The molecule has 1 unspecified atom stereocenters. The third-order valence-corrected chi connectivity index (χ3v) is 5.49. The van der Waals surface area contributed by atoms with Crippen molar-refractivity contribution >= 4 is 17.8 Å². The van der Waals surface area contributed by atoms with Crippen molar-refractivity contribution in [1.82, 2.24) is 9.80 Å². The minimum atomic E-state index is -1.01. The number of carbonyl (C=O) groups is 3. The van der Waals surface area contributed by atoms with Gasteiger partial charge in [0.05, 0.1) is 5.92 Å². The van der Waals surface area contributed by atoms with E-state index in [-0.39, 0.29) is 36.9 Å². The number of carboxylic acid groups (broad SMARTS) is 1. The summed E-state index contributed by atoms with van der Waals surface area (Å²) in [6, 6.07) is 0.171. The van der Waals surface area contributed by atoms with Gasteiger partial charge in [0.2, 0.25) is 11.8 Å². The summed E-state index contributed by atoms with van der Waals surface area (Å²) in [6.45, 7) is 1.25. The minimum absolute atomic E-state index is 0.0440. The molecular formula is C17H26N2O5. The van der Waals surface area contributed by atoms with Gasteiger partial charge in [-0.25, -0.2) is 0 Å². The van der Waals surface area contributed by atoms with E-state index in [1.165, 1.54) is 4.90 Å². The van der Waals surface area contributed by atoms with E-state index in [4.69, 9.17) is 4.74 Å². The predicted octanol–water partition coefficient (Wildman–Crippen LogP) is 0.870. The molecule has 2 saturated heterocycles. The maximum Gasteiger partial charge on any atom is 0.323 e. The van der Waals surface area contributed by atoms with E-state index >= 15 is 0 Å². The number of aliphatic carboxylic acids is 1. The Bertz CT molecular complexity index is 497. The highest BCUT2D eigenvalue weighted by atomic mass is 16.5. The molecule has 24 heavy (non-hydrogen) atoms. The Morgan fingerprint density at radius 2 is 1.83 bits per heavy atom. The first-order valence-electron chi connectivity index (χ1n) is 8.95. The summed E-state index contributed by atoms with van der Waals surface area (Å²) in [5.74, 6) is -1.55. The monoisotopic (exact) mass is 338 g/mol. The molecule has 1 N–H and O–H groups in total. The Kier molecular flexibility index (Phi) is 5.38. The van der Waals surface area contributed by atoms with Gasteiger partial charge in [-0.3, -0.25) is 14.4 Å². The lowest BCUT2D eigenvalue weighted by Crippen LogP contribution is -2.49. The molecule has 0 radical (unpaired) electrons. The fourth-order valence-corrected chi connectivity index (χ4v) is 4.23. The predicted molar refractivity (Wildman–Crippen MR) is 85.3 cm³/mol. The molecule has 0 spiro atoms. The number of nitrogens with zero attached hydrogens (tertiary/aromatic N) is 2. The van der Waals surface area contributed by atoms with Crippen molar-refractivity contribution in [3.8, 4) is 0 Å². The standard InChI is InChI=1S/C17H26N2O5/c20-15-9-12(10-18(15)13-3-1-2-4-13)17(23)19(11-16(21)22)14-5-7-24-8-6-14/h12-14H,1-11H2,(H,21,22). The van der Waals surface area contributed by atoms with Gasteiger partial charge in [-0.05, 0) is 25.7 Å². The summed E-state index contributed by atoms with van der Waals surface area (Å²) in [6.07, 6.45) is 5.85. The average Bonchev–Trinajstić information content (AvgIpc) is 3.22. The lowest BCUT2D eigenvalue weighted by molar-refractivity contribution is -0.149. The van der Waals surface area contributed by atoms with Crippen molar-refractivity contribution in [2.24, 2.45) is 5.92 Å². The van der Waals surface area contributed by atoms with Crippen LogP contribution >= 0.6 is 0 Å².